The third-order valence-corrected chi connectivity index (χ3v) is 2.00. The first-order valence-electron chi connectivity index (χ1n) is 7.06. The lowest BCUT2D eigenvalue weighted by atomic mass is 10.1. The lowest BCUT2D eigenvalue weighted by Crippen LogP contribution is -2.45. The molecule has 2 amide bonds. The van der Waals surface area contributed by atoms with Gasteiger partial charge in [-0.3, -0.25) is 4.79 Å². The van der Waals surface area contributed by atoms with Crippen molar-refractivity contribution in [2.45, 2.75) is 45.7 Å². The summed E-state index contributed by atoms with van der Waals surface area (Å²) in [5.74, 6) is -4.72. The fourth-order valence-electron chi connectivity index (χ4n) is 1.34. The summed E-state index contributed by atoms with van der Waals surface area (Å²) in [5, 5.41) is 9.10. The number of ether oxygens (including phenoxy) is 1. The first kappa shape index (κ1) is 8.49. The summed E-state index contributed by atoms with van der Waals surface area (Å²) < 4.78 is 34.4. The van der Waals surface area contributed by atoms with E-state index >= 15 is 0 Å². The highest BCUT2D eigenvalue weighted by Gasteiger charge is 2.46. The van der Waals surface area contributed by atoms with Crippen LogP contribution in [0.25, 0.3) is 0 Å². The highest BCUT2D eigenvalue weighted by Crippen LogP contribution is 2.26. The Kier molecular flexibility index (Phi) is 2.17. The number of imide groups is 1. The van der Waals surface area contributed by atoms with Crippen LogP contribution >= 0.6 is 0 Å². The molecule has 96 valence electrons. The zero-order valence-corrected chi connectivity index (χ0v) is 9.76. The molecule has 17 heavy (non-hydrogen) atoms. The molecule has 0 aromatic heterocycles. The Morgan fingerprint density at radius 1 is 1.59 bits per heavy atom. The van der Waals surface area contributed by atoms with Gasteiger partial charge in [-0.15, -0.1) is 0 Å². The molecule has 0 aromatic carbocycles. The molecule has 3 atom stereocenters. The lowest BCUT2D eigenvalue weighted by Gasteiger charge is -2.25. The van der Waals surface area contributed by atoms with Crippen molar-refractivity contribution in [1.82, 2.24) is 4.90 Å². The van der Waals surface area contributed by atoms with Crippen LogP contribution in [0.15, 0.2) is 0 Å². The average molecular weight is 247 g/mol. The summed E-state index contributed by atoms with van der Waals surface area (Å²) in [5.41, 5.74) is -0.990. The van der Waals surface area contributed by atoms with E-state index in [2.05, 4.69) is 0 Å². The monoisotopic (exact) mass is 247 g/mol. The Balaban J connectivity index is 3.19. The van der Waals surface area contributed by atoms with Crippen molar-refractivity contribution < 1.29 is 29.7 Å². The third-order valence-electron chi connectivity index (χ3n) is 2.00. The molecule has 1 saturated heterocycles. The van der Waals surface area contributed by atoms with E-state index < -0.39 is 48.8 Å². The van der Waals surface area contributed by atoms with Gasteiger partial charge in [0, 0.05) is 11.4 Å². The van der Waals surface area contributed by atoms with Crippen LogP contribution in [-0.4, -0.2) is 39.6 Å². The topological polar surface area (TPSA) is 83.9 Å². The van der Waals surface area contributed by atoms with Crippen LogP contribution < -0.4 is 0 Å². The molecule has 0 unspecified atom stereocenters. The Morgan fingerprint density at radius 3 is 2.59 bits per heavy atom. The van der Waals surface area contributed by atoms with Crippen molar-refractivity contribution in [3.05, 3.63) is 0 Å². The minimum Gasteiger partial charge on any atom is -0.480 e. The molecule has 1 fully saturated rings. The second kappa shape index (κ2) is 4.35. The molecule has 1 heterocycles. The van der Waals surface area contributed by atoms with Crippen LogP contribution in [0.5, 0.6) is 0 Å². The van der Waals surface area contributed by atoms with E-state index in [0.29, 0.717) is 0 Å². The van der Waals surface area contributed by atoms with Crippen LogP contribution in [0.2, 0.25) is 0 Å². The van der Waals surface area contributed by atoms with Gasteiger partial charge in [-0.25, -0.2) is 14.5 Å². The standard InChI is InChI=1S/C11H17NO5/c1-6-5-7(9(14)15)12(8(6)13)10(16)17-11(2,3)4/h6-7H,5H2,1-4H3,(H,14,15)/t6-,7-/m0/s1/i1+0D3,5D/t5-,6+,7+/m1. The number of hydrogen-bond donors (Lipinski definition) is 1. The molecule has 0 spiro atoms. The first-order valence-corrected chi connectivity index (χ1v) is 4.98. The maximum atomic E-state index is 12.1. The number of nitrogens with zero attached hydrogens (tertiary/aromatic N) is 1. The molecule has 0 aromatic rings. The minimum atomic E-state index is -2.87. The molecule has 1 N–H and O–H groups in total. The fraction of sp³-hybridized carbons (Fsp3) is 0.727. The number of carbonyl (C=O) groups is 3. The molecule has 1 aliphatic heterocycles. The normalized spacial score (nSPS) is 33.5. The number of likely N-dealkylation sites (tertiary alicyclic amines) is 1. The maximum Gasteiger partial charge on any atom is 0.417 e. The van der Waals surface area contributed by atoms with E-state index in [0.717, 1.165) is 0 Å². The van der Waals surface area contributed by atoms with Crippen molar-refractivity contribution in [2.75, 3.05) is 0 Å². The summed E-state index contributed by atoms with van der Waals surface area (Å²) in [6.45, 7) is 1.68. The van der Waals surface area contributed by atoms with Crippen molar-refractivity contribution >= 4 is 18.0 Å². The highest BCUT2D eigenvalue weighted by atomic mass is 16.6. The second-order valence-electron chi connectivity index (χ2n) is 4.64. The van der Waals surface area contributed by atoms with Crippen molar-refractivity contribution in [2.24, 2.45) is 5.92 Å². The third kappa shape index (κ3) is 2.95. The SMILES string of the molecule is [2H][C@H]1[C@@H](C(=O)O)N(C(=O)OC(C)(C)C)C(=O)[C@H]1[12C]([2H])([2H])[2H]. The van der Waals surface area contributed by atoms with Gasteiger partial charge in [0.25, 0.3) is 0 Å². The summed E-state index contributed by atoms with van der Waals surface area (Å²) in [6.07, 6.45) is -3.04. The number of carboxylic acid groups (broad SMARTS) is 1. The number of rotatable bonds is 1. The van der Waals surface area contributed by atoms with E-state index in [1.165, 1.54) is 20.8 Å². The lowest BCUT2D eigenvalue weighted by molar-refractivity contribution is -0.145. The van der Waals surface area contributed by atoms with E-state index in [-0.39, 0.29) is 4.90 Å². The quantitative estimate of drug-likeness (QED) is 0.753. The van der Waals surface area contributed by atoms with Crippen LogP contribution in [0.1, 0.15) is 39.5 Å². The Labute approximate surface area is 105 Å². The van der Waals surface area contributed by atoms with Crippen molar-refractivity contribution in [3.63, 3.8) is 0 Å². The average Bonchev–Trinajstić information content (AvgIpc) is 2.46. The predicted octanol–water partition coefficient (Wildman–Crippen LogP) is 1.24. The van der Waals surface area contributed by atoms with E-state index in [4.69, 9.17) is 15.3 Å². The molecular weight excluding hydrogens is 226 g/mol. The molecule has 6 heteroatoms. The van der Waals surface area contributed by atoms with Crippen LogP contribution in [0, 0.1) is 5.92 Å². The summed E-state index contributed by atoms with van der Waals surface area (Å²) >= 11 is 0. The molecule has 0 radical (unpaired) electrons. The molecule has 6 nitrogen and oxygen atoms in total. The Hall–Kier alpha value is -1.59. The van der Waals surface area contributed by atoms with Gasteiger partial charge in [-0.05, 0) is 27.2 Å². The van der Waals surface area contributed by atoms with Gasteiger partial charge in [0.05, 0.1) is 0 Å². The molecule has 1 aliphatic rings. The van der Waals surface area contributed by atoms with E-state index in [1.54, 1.807) is 0 Å². The molecular formula is C11H17NO5. The van der Waals surface area contributed by atoms with Crippen LogP contribution in [0.3, 0.4) is 0 Å². The second-order valence-corrected chi connectivity index (χ2v) is 4.64. The van der Waals surface area contributed by atoms with Gasteiger partial charge in [-0.1, -0.05) is 6.85 Å². The van der Waals surface area contributed by atoms with Crippen LogP contribution in [-0.2, 0) is 14.3 Å². The van der Waals surface area contributed by atoms with Gasteiger partial charge in [0.2, 0.25) is 5.91 Å². The summed E-state index contributed by atoms with van der Waals surface area (Å²) in [4.78, 5) is 35.5. The van der Waals surface area contributed by atoms with Gasteiger partial charge in [-0.2, -0.15) is 0 Å². The van der Waals surface area contributed by atoms with Crippen molar-refractivity contribution in [1.29, 1.82) is 0 Å². The summed E-state index contributed by atoms with van der Waals surface area (Å²) in [7, 11) is 0. The van der Waals surface area contributed by atoms with E-state index in [9.17, 15) is 14.4 Å². The van der Waals surface area contributed by atoms with Crippen LogP contribution in [0.4, 0.5) is 4.79 Å². The zero-order valence-electron chi connectivity index (χ0n) is 13.8. The molecule has 0 bridgehead atoms. The number of aliphatic carboxylic acids is 1. The number of carbonyl (C=O) groups excluding carboxylic acids is 2. The smallest absolute Gasteiger partial charge is 0.417 e. The number of amides is 2. The fourth-order valence-corrected chi connectivity index (χ4v) is 1.34. The highest BCUT2D eigenvalue weighted by molar-refractivity contribution is 6.00. The predicted molar refractivity (Wildman–Crippen MR) is 58.3 cm³/mol. The molecule has 0 saturated carbocycles. The Morgan fingerprint density at radius 2 is 2.18 bits per heavy atom. The Bertz CT molecular complexity index is 470. The van der Waals surface area contributed by atoms with Gasteiger partial charge >= 0.3 is 12.1 Å². The number of hydrogen-bond acceptors (Lipinski definition) is 4. The molecule has 1 rings (SSSR count). The molecule has 0 aliphatic carbocycles. The number of carboxylic acids is 1. The largest absolute Gasteiger partial charge is 0.480 e. The minimum absolute atomic E-state index is 0.224. The van der Waals surface area contributed by atoms with E-state index in [1.807, 2.05) is 0 Å². The summed E-state index contributed by atoms with van der Waals surface area (Å²) in [6, 6.07) is -1.88. The maximum absolute atomic E-state index is 12.1. The van der Waals surface area contributed by atoms with Gasteiger partial charge < -0.3 is 9.84 Å². The van der Waals surface area contributed by atoms with Gasteiger partial charge in [0.15, 0.2) is 0 Å². The van der Waals surface area contributed by atoms with Gasteiger partial charge in [0.1, 0.15) is 11.6 Å². The van der Waals surface area contributed by atoms with Crippen molar-refractivity contribution in [3.8, 4) is 0 Å². The first-order chi connectivity index (χ1) is 9.27. The zero-order chi connectivity index (χ0) is 16.7.